The minimum Gasteiger partial charge on any atom is -0.382 e. The molecule has 1 fully saturated rings. The summed E-state index contributed by atoms with van der Waals surface area (Å²) in [7, 11) is 0. The number of aromatic nitrogens is 1. The van der Waals surface area contributed by atoms with Crippen molar-refractivity contribution in [2.45, 2.75) is 25.4 Å². The normalized spacial score (nSPS) is 21.7. The van der Waals surface area contributed by atoms with Crippen molar-refractivity contribution in [3.05, 3.63) is 16.1 Å². The highest BCUT2D eigenvalue weighted by molar-refractivity contribution is 7.09. The van der Waals surface area contributed by atoms with Crippen LogP contribution in [0.4, 0.5) is 0 Å². The van der Waals surface area contributed by atoms with Crippen molar-refractivity contribution in [1.82, 2.24) is 4.98 Å². The van der Waals surface area contributed by atoms with Gasteiger partial charge >= 0.3 is 0 Å². The van der Waals surface area contributed by atoms with E-state index < -0.39 is 5.60 Å². The largest absolute Gasteiger partial charge is 0.382 e. The number of nitrogens with zero attached hydrogens (tertiary/aromatic N) is 1. The second kappa shape index (κ2) is 3.36. The summed E-state index contributed by atoms with van der Waals surface area (Å²) in [5.41, 5.74) is 0.261. The van der Waals surface area contributed by atoms with E-state index in [4.69, 9.17) is 4.74 Å². The third kappa shape index (κ3) is 1.75. The fraction of sp³-hybridized carbons (Fsp3) is 0.667. The third-order valence-electron chi connectivity index (χ3n) is 2.34. The maximum atomic E-state index is 10.2. The average Bonchev–Trinajstić information content (AvgIpc) is 2.54. The predicted octanol–water partition coefficient (Wildman–Crippen LogP) is 1.45. The highest BCUT2D eigenvalue weighted by atomic mass is 32.1. The molecule has 1 aromatic rings. The zero-order valence-electron chi connectivity index (χ0n) is 7.62. The van der Waals surface area contributed by atoms with Gasteiger partial charge in [0.05, 0.1) is 0 Å². The lowest BCUT2D eigenvalue weighted by atomic mass is 9.95. The highest BCUT2D eigenvalue weighted by Gasteiger charge is 2.34. The molecule has 2 rings (SSSR count). The van der Waals surface area contributed by atoms with Gasteiger partial charge in [0.15, 0.2) is 0 Å². The molecule has 0 radical (unpaired) electrons. The average molecular weight is 199 g/mol. The summed E-state index contributed by atoms with van der Waals surface area (Å²) in [6.07, 6.45) is 1.33. The van der Waals surface area contributed by atoms with E-state index in [1.54, 1.807) is 0 Å². The van der Waals surface area contributed by atoms with Crippen molar-refractivity contribution in [2.24, 2.45) is 0 Å². The third-order valence-corrected chi connectivity index (χ3v) is 3.49. The van der Waals surface area contributed by atoms with Crippen molar-refractivity contribution >= 4 is 11.3 Å². The fourth-order valence-corrected chi connectivity index (χ4v) is 2.45. The molecule has 0 amide bonds. The monoisotopic (exact) mass is 199 g/mol. The maximum absolute atomic E-state index is 10.2. The summed E-state index contributed by atoms with van der Waals surface area (Å²) < 4.78 is 5.21. The molecule has 0 aliphatic carbocycles. The van der Waals surface area contributed by atoms with Gasteiger partial charge in [0, 0.05) is 37.1 Å². The van der Waals surface area contributed by atoms with Crippen LogP contribution in [-0.4, -0.2) is 23.3 Å². The molecule has 0 saturated carbocycles. The van der Waals surface area contributed by atoms with Crippen molar-refractivity contribution in [3.8, 4) is 0 Å². The van der Waals surface area contributed by atoms with Gasteiger partial charge in [-0.1, -0.05) is 0 Å². The molecular weight excluding hydrogens is 186 g/mol. The lowest BCUT2D eigenvalue weighted by Crippen LogP contribution is -2.33. The minimum absolute atomic E-state index is 0.634. The Kier molecular flexibility index (Phi) is 2.36. The van der Waals surface area contributed by atoms with Gasteiger partial charge in [-0.05, 0) is 6.92 Å². The Morgan fingerprint density at radius 3 is 2.77 bits per heavy atom. The number of aliphatic hydroxyl groups is 1. The first-order valence-electron chi connectivity index (χ1n) is 4.43. The van der Waals surface area contributed by atoms with Crippen LogP contribution in [0, 0.1) is 6.92 Å². The Hall–Kier alpha value is -0.450. The van der Waals surface area contributed by atoms with Gasteiger partial charge in [0.1, 0.15) is 10.6 Å². The molecule has 1 N–H and O–H groups in total. The van der Waals surface area contributed by atoms with Crippen LogP contribution in [0.2, 0.25) is 0 Å². The summed E-state index contributed by atoms with van der Waals surface area (Å²) in [6.45, 7) is 3.22. The summed E-state index contributed by atoms with van der Waals surface area (Å²) in [6, 6.07) is 0. The van der Waals surface area contributed by atoms with Gasteiger partial charge in [-0.15, -0.1) is 11.3 Å². The van der Waals surface area contributed by atoms with Crippen LogP contribution < -0.4 is 0 Å². The molecule has 2 heterocycles. The number of hydrogen-bond donors (Lipinski definition) is 1. The van der Waals surface area contributed by atoms with Crippen molar-refractivity contribution < 1.29 is 9.84 Å². The van der Waals surface area contributed by atoms with E-state index in [2.05, 4.69) is 4.98 Å². The number of aryl methyl sites for hydroxylation is 1. The molecule has 13 heavy (non-hydrogen) atoms. The Morgan fingerprint density at radius 2 is 2.23 bits per heavy atom. The predicted molar refractivity (Wildman–Crippen MR) is 50.8 cm³/mol. The molecule has 0 bridgehead atoms. The molecule has 0 aromatic carbocycles. The first-order chi connectivity index (χ1) is 6.21. The van der Waals surface area contributed by atoms with Gasteiger partial charge in [-0.25, -0.2) is 4.98 Å². The molecule has 1 saturated heterocycles. The Morgan fingerprint density at radius 1 is 1.54 bits per heavy atom. The first-order valence-corrected chi connectivity index (χ1v) is 5.31. The highest BCUT2D eigenvalue weighted by Crippen LogP contribution is 2.33. The molecule has 0 spiro atoms. The molecule has 1 aliphatic rings. The lowest BCUT2D eigenvalue weighted by molar-refractivity contribution is -0.0680. The van der Waals surface area contributed by atoms with Crippen LogP contribution in [0.15, 0.2) is 5.38 Å². The van der Waals surface area contributed by atoms with Crippen molar-refractivity contribution in [1.29, 1.82) is 0 Å². The summed E-state index contributed by atoms with van der Waals surface area (Å²) in [5, 5.41) is 13.0. The van der Waals surface area contributed by atoms with E-state index >= 15 is 0 Å². The quantitative estimate of drug-likeness (QED) is 0.744. The zero-order valence-corrected chi connectivity index (χ0v) is 8.43. The van der Waals surface area contributed by atoms with E-state index in [1.807, 2.05) is 12.3 Å². The second-order valence-electron chi connectivity index (χ2n) is 3.44. The van der Waals surface area contributed by atoms with Crippen LogP contribution in [0.5, 0.6) is 0 Å². The molecule has 1 aliphatic heterocycles. The molecule has 0 atom stereocenters. The van der Waals surface area contributed by atoms with E-state index in [-0.39, 0.29) is 0 Å². The topological polar surface area (TPSA) is 42.4 Å². The van der Waals surface area contributed by atoms with Crippen molar-refractivity contribution in [2.75, 3.05) is 13.2 Å². The summed E-state index contributed by atoms with van der Waals surface area (Å²) in [4.78, 5) is 4.32. The minimum atomic E-state index is -0.725. The maximum Gasteiger partial charge on any atom is 0.125 e. The standard InChI is InChI=1S/C9H13NO2S/c1-7-6-13-8(10-7)9(11)2-4-12-5-3-9/h6,11H,2-5H2,1H3. The summed E-state index contributed by atoms with van der Waals surface area (Å²) >= 11 is 1.54. The Bertz CT molecular complexity index is 292. The van der Waals surface area contributed by atoms with Crippen LogP contribution >= 0.6 is 11.3 Å². The summed E-state index contributed by atoms with van der Waals surface area (Å²) in [5.74, 6) is 0. The molecule has 3 nitrogen and oxygen atoms in total. The molecular formula is C9H13NO2S. The lowest BCUT2D eigenvalue weighted by Gasteiger charge is -2.29. The Balaban J connectivity index is 2.22. The van der Waals surface area contributed by atoms with Crippen molar-refractivity contribution in [3.63, 3.8) is 0 Å². The van der Waals surface area contributed by atoms with E-state index in [0.29, 0.717) is 26.1 Å². The first kappa shape index (κ1) is 9.12. The number of thiazole rings is 1. The molecule has 0 unspecified atom stereocenters. The van der Waals surface area contributed by atoms with E-state index in [1.165, 1.54) is 11.3 Å². The second-order valence-corrected chi connectivity index (χ2v) is 4.30. The van der Waals surface area contributed by atoms with Crippen LogP contribution in [0.3, 0.4) is 0 Å². The van der Waals surface area contributed by atoms with Crippen LogP contribution in [-0.2, 0) is 10.3 Å². The smallest absolute Gasteiger partial charge is 0.125 e. The molecule has 4 heteroatoms. The zero-order chi connectivity index (χ0) is 9.31. The van der Waals surface area contributed by atoms with Gasteiger partial charge in [-0.2, -0.15) is 0 Å². The SMILES string of the molecule is Cc1csc(C2(O)CCOCC2)n1. The van der Waals surface area contributed by atoms with Gasteiger partial charge in [0.25, 0.3) is 0 Å². The molecule has 72 valence electrons. The molecule has 1 aromatic heterocycles. The van der Waals surface area contributed by atoms with Gasteiger partial charge < -0.3 is 9.84 Å². The number of ether oxygens (including phenoxy) is 1. The van der Waals surface area contributed by atoms with Gasteiger partial charge in [0.2, 0.25) is 0 Å². The van der Waals surface area contributed by atoms with Gasteiger partial charge in [-0.3, -0.25) is 0 Å². The fourth-order valence-electron chi connectivity index (χ4n) is 1.49. The van der Waals surface area contributed by atoms with Crippen LogP contribution in [0.1, 0.15) is 23.5 Å². The van der Waals surface area contributed by atoms with Crippen LogP contribution in [0.25, 0.3) is 0 Å². The number of rotatable bonds is 1. The van der Waals surface area contributed by atoms with E-state index in [9.17, 15) is 5.11 Å². The van der Waals surface area contributed by atoms with E-state index in [0.717, 1.165) is 10.7 Å². The Labute approximate surface area is 81.4 Å². The number of hydrogen-bond acceptors (Lipinski definition) is 4.